The fourth-order valence-corrected chi connectivity index (χ4v) is 4.75. The van der Waals surface area contributed by atoms with E-state index in [0.717, 1.165) is 59.5 Å². The van der Waals surface area contributed by atoms with Crippen LogP contribution in [0.1, 0.15) is 10.4 Å². The minimum absolute atomic E-state index is 0.0273. The molecular weight excluding hydrogens is 446 g/mol. The number of aromatic nitrogens is 2. The minimum atomic E-state index is -0.0273. The topological polar surface area (TPSA) is 55.5 Å². The van der Waals surface area contributed by atoms with Gasteiger partial charge in [0.15, 0.2) is 0 Å². The summed E-state index contributed by atoms with van der Waals surface area (Å²) in [6.07, 6.45) is 1.88. The molecule has 174 valence electrons. The lowest BCUT2D eigenvalue weighted by Gasteiger charge is -2.34. The van der Waals surface area contributed by atoms with Gasteiger partial charge in [-0.05, 0) is 48.5 Å². The van der Waals surface area contributed by atoms with Crippen LogP contribution in [0.25, 0.3) is 33.3 Å². The molecule has 3 heterocycles. The number of carbonyl (C=O) groups is 1. The maximum Gasteiger partial charge on any atom is 0.253 e. The molecule has 1 aliphatic heterocycles. The summed E-state index contributed by atoms with van der Waals surface area (Å²) < 4.78 is 0. The largest absolute Gasteiger partial charge is 0.369 e. The smallest absolute Gasteiger partial charge is 0.253 e. The number of pyridine rings is 1. The van der Waals surface area contributed by atoms with Crippen LogP contribution in [0.5, 0.6) is 0 Å². The van der Waals surface area contributed by atoms with Gasteiger partial charge in [0.25, 0.3) is 5.91 Å². The number of hydrogen-bond acceptors (Lipinski definition) is 4. The molecule has 1 fully saturated rings. The number of halogens is 1. The maximum absolute atomic E-state index is 12.2. The van der Waals surface area contributed by atoms with Gasteiger partial charge in [0.2, 0.25) is 0 Å². The Kier molecular flexibility index (Phi) is 6.02. The Morgan fingerprint density at radius 2 is 1.59 bits per heavy atom. The van der Waals surface area contributed by atoms with Crippen molar-refractivity contribution in [1.82, 2.24) is 19.8 Å². The lowest BCUT2D eigenvalue weighted by Crippen LogP contribution is -2.44. The van der Waals surface area contributed by atoms with Crippen molar-refractivity contribution in [3.63, 3.8) is 0 Å². The summed E-state index contributed by atoms with van der Waals surface area (Å²) in [5.74, 6) is -0.0273. The van der Waals surface area contributed by atoms with Crippen molar-refractivity contribution >= 4 is 34.2 Å². The van der Waals surface area contributed by atoms with E-state index in [2.05, 4.69) is 57.1 Å². The second-order valence-electron chi connectivity index (χ2n) is 9.05. The van der Waals surface area contributed by atoms with Gasteiger partial charge in [0.05, 0.1) is 0 Å². The third kappa shape index (κ3) is 4.27. The summed E-state index contributed by atoms with van der Waals surface area (Å²) in [5.41, 5.74) is 6.62. The number of amides is 1. The summed E-state index contributed by atoms with van der Waals surface area (Å²) >= 11 is 6.59. The van der Waals surface area contributed by atoms with Crippen LogP contribution in [-0.4, -0.2) is 73.0 Å². The third-order valence-electron chi connectivity index (χ3n) is 6.50. The molecule has 1 amide bonds. The molecule has 5 rings (SSSR count). The molecular formula is C27H28ClN5O. The fraction of sp³-hybridized carbons (Fsp3) is 0.259. The molecule has 2 aromatic heterocycles. The first-order valence-electron chi connectivity index (χ1n) is 11.4. The first-order valence-corrected chi connectivity index (χ1v) is 11.8. The Labute approximate surface area is 204 Å². The number of piperazine rings is 1. The maximum atomic E-state index is 12.2. The van der Waals surface area contributed by atoms with Crippen molar-refractivity contribution in [2.75, 3.05) is 52.2 Å². The lowest BCUT2D eigenvalue weighted by molar-refractivity contribution is 0.0827. The van der Waals surface area contributed by atoms with E-state index in [9.17, 15) is 4.79 Å². The van der Waals surface area contributed by atoms with Crippen LogP contribution in [-0.2, 0) is 0 Å². The van der Waals surface area contributed by atoms with E-state index in [-0.39, 0.29) is 5.91 Å². The van der Waals surface area contributed by atoms with Crippen molar-refractivity contribution in [2.45, 2.75) is 0 Å². The normalized spacial score (nSPS) is 14.5. The van der Waals surface area contributed by atoms with E-state index in [1.807, 2.05) is 30.5 Å². The van der Waals surface area contributed by atoms with Gasteiger partial charge in [-0.2, -0.15) is 0 Å². The molecule has 2 aromatic carbocycles. The molecule has 0 aliphatic carbocycles. The number of rotatable bonds is 4. The Morgan fingerprint density at radius 1 is 0.941 bits per heavy atom. The highest BCUT2D eigenvalue weighted by atomic mass is 35.5. The molecule has 1 aliphatic rings. The van der Waals surface area contributed by atoms with Crippen molar-refractivity contribution in [2.24, 2.45) is 0 Å². The second kappa shape index (κ2) is 9.12. The number of fused-ring (bicyclic) bond motifs is 1. The molecule has 0 unspecified atom stereocenters. The average molecular weight is 474 g/mol. The summed E-state index contributed by atoms with van der Waals surface area (Å²) in [6, 6.07) is 18.4. The van der Waals surface area contributed by atoms with Gasteiger partial charge in [0, 0.05) is 74.2 Å². The summed E-state index contributed by atoms with van der Waals surface area (Å²) in [7, 11) is 5.66. The van der Waals surface area contributed by atoms with Crippen LogP contribution in [0.2, 0.25) is 5.15 Å². The summed E-state index contributed by atoms with van der Waals surface area (Å²) in [6.45, 7) is 4.27. The predicted octanol–water partition coefficient (Wildman–Crippen LogP) is 5.00. The number of nitrogens with zero attached hydrogens (tertiary/aromatic N) is 4. The summed E-state index contributed by atoms with van der Waals surface area (Å²) in [5, 5.41) is 1.49. The first-order chi connectivity index (χ1) is 16.4. The Balaban J connectivity index is 1.46. The number of likely N-dealkylation sites (N-methyl/N-ethyl adjacent to an activating group) is 1. The molecule has 4 aromatic rings. The quantitative estimate of drug-likeness (QED) is 0.453. The van der Waals surface area contributed by atoms with Gasteiger partial charge < -0.3 is 19.7 Å². The van der Waals surface area contributed by atoms with E-state index in [0.29, 0.717) is 10.7 Å². The molecule has 34 heavy (non-hydrogen) atoms. The van der Waals surface area contributed by atoms with Crippen LogP contribution < -0.4 is 4.90 Å². The van der Waals surface area contributed by atoms with Gasteiger partial charge in [-0.25, -0.2) is 4.98 Å². The van der Waals surface area contributed by atoms with Crippen molar-refractivity contribution in [3.05, 3.63) is 71.5 Å². The molecule has 0 atom stereocenters. The second-order valence-corrected chi connectivity index (χ2v) is 9.43. The Morgan fingerprint density at radius 3 is 2.24 bits per heavy atom. The number of aromatic amines is 1. The molecule has 0 bridgehead atoms. The lowest BCUT2D eigenvalue weighted by atomic mass is 10.0. The van der Waals surface area contributed by atoms with Gasteiger partial charge in [-0.3, -0.25) is 4.79 Å². The highest BCUT2D eigenvalue weighted by Gasteiger charge is 2.17. The number of carbonyl (C=O) groups excluding carboxylic acids is 1. The number of H-pyrrole nitrogens is 1. The summed E-state index contributed by atoms with van der Waals surface area (Å²) in [4.78, 5) is 26.4. The van der Waals surface area contributed by atoms with Crippen molar-refractivity contribution < 1.29 is 4.79 Å². The molecule has 1 saturated heterocycles. The van der Waals surface area contributed by atoms with Crippen LogP contribution in [0, 0.1) is 0 Å². The van der Waals surface area contributed by atoms with E-state index < -0.39 is 0 Å². The van der Waals surface area contributed by atoms with Crippen LogP contribution in [0.15, 0.2) is 60.8 Å². The van der Waals surface area contributed by atoms with Crippen molar-refractivity contribution in [3.8, 4) is 22.3 Å². The molecule has 6 nitrogen and oxygen atoms in total. The Bertz CT molecular complexity index is 1320. The zero-order chi connectivity index (χ0) is 23.8. The highest BCUT2D eigenvalue weighted by Crippen LogP contribution is 2.37. The van der Waals surface area contributed by atoms with E-state index in [4.69, 9.17) is 11.6 Å². The molecule has 0 saturated carbocycles. The predicted molar refractivity (Wildman–Crippen MR) is 140 cm³/mol. The monoisotopic (exact) mass is 473 g/mol. The molecule has 0 radical (unpaired) electrons. The Hall–Kier alpha value is -3.35. The number of nitrogens with one attached hydrogen (secondary N) is 1. The highest BCUT2D eigenvalue weighted by molar-refractivity contribution is 6.34. The number of anilines is 1. The molecule has 1 N–H and O–H groups in total. The number of hydrogen-bond donors (Lipinski definition) is 1. The standard InChI is InChI=1S/C27H28ClN5O/c1-31(2)27(34)20-6-4-19(5-7-20)24-23-16-21(17-29-26(23)30-25(24)28)18-8-10-22(11-9-18)33-14-12-32(3)13-15-33/h4-11,16-17H,12-15H2,1-3H3,(H,29,30). The van der Waals surface area contributed by atoms with E-state index in [1.54, 1.807) is 19.0 Å². The average Bonchev–Trinajstić information content (AvgIpc) is 3.19. The van der Waals surface area contributed by atoms with Gasteiger partial charge in [0.1, 0.15) is 10.8 Å². The molecule has 0 spiro atoms. The SMILES string of the molecule is CN1CCN(c2ccc(-c3cnc4[nH]c(Cl)c(-c5ccc(C(=O)N(C)C)cc5)c4c3)cc2)CC1. The van der Waals surface area contributed by atoms with Gasteiger partial charge in [-0.1, -0.05) is 35.9 Å². The van der Waals surface area contributed by atoms with Gasteiger partial charge >= 0.3 is 0 Å². The number of benzene rings is 2. The zero-order valence-electron chi connectivity index (χ0n) is 19.7. The van der Waals surface area contributed by atoms with E-state index >= 15 is 0 Å². The minimum Gasteiger partial charge on any atom is -0.369 e. The van der Waals surface area contributed by atoms with Crippen LogP contribution in [0.3, 0.4) is 0 Å². The van der Waals surface area contributed by atoms with Crippen LogP contribution >= 0.6 is 11.6 Å². The van der Waals surface area contributed by atoms with Crippen LogP contribution in [0.4, 0.5) is 5.69 Å². The van der Waals surface area contributed by atoms with Gasteiger partial charge in [-0.15, -0.1) is 0 Å². The third-order valence-corrected chi connectivity index (χ3v) is 6.78. The fourth-order valence-electron chi connectivity index (χ4n) is 4.45. The zero-order valence-corrected chi connectivity index (χ0v) is 20.4. The molecule has 7 heteroatoms. The first kappa shape index (κ1) is 22.4. The van der Waals surface area contributed by atoms with Crippen molar-refractivity contribution in [1.29, 1.82) is 0 Å². The van der Waals surface area contributed by atoms with E-state index in [1.165, 1.54) is 5.69 Å².